The number of hydrogen-bond acceptors (Lipinski definition) is 7. The summed E-state index contributed by atoms with van der Waals surface area (Å²) >= 11 is 0. The Kier molecular flexibility index (Phi) is 5.91. The van der Waals surface area contributed by atoms with Crippen LogP contribution in [0.1, 0.15) is 30.0 Å². The van der Waals surface area contributed by atoms with Crippen molar-refractivity contribution in [3.05, 3.63) is 75.3 Å². The zero-order valence-corrected chi connectivity index (χ0v) is 17.4. The number of methoxy groups -OCH3 is 1. The molecule has 2 aliphatic rings. The number of benzene rings is 2. The number of carbonyl (C=O) groups is 2. The highest BCUT2D eigenvalue weighted by Crippen LogP contribution is 2.40. The Morgan fingerprint density at radius 2 is 1.88 bits per heavy atom. The molecule has 2 aliphatic heterocycles. The van der Waals surface area contributed by atoms with Gasteiger partial charge in [-0.2, -0.15) is 0 Å². The van der Waals surface area contributed by atoms with E-state index in [0.717, 1.165) is 12.8 Å². The SMILES string of the molecule is COc1ccc(C(O)=C2C(=O)C(=O)N(C[C@H]3CCCO3)[C@H]2c2ccc([N+](=O)[O-])cc2)cc1. The molecule has 1 N–H and O–H groups in total. The van der Waals surface area contributed by atoms with Crippen LogP contribution in [0.5, 0.6) is 5.75 Å². The van der Waals surface area contributed by atoms with E-state index in [9.17, 15) is 24.8 Å². The minimum absolute atomic E-state index is 0.0629. The molecule has 9 nitrogen and oxygen atoms in total. The van der Waals surface area contributed by atoms with Crippen molar-refractivity contribution in [1.29, 1.82) is 0 Å². The third-order valence-corrected chi connectivity index (χ3v) is 5.75. The number of likely N-dealkylation sites (tertiary alicyclic amines) is 1. The molecule has 0 saturated carbocycles. The second-order valence-corrected chi connectivity index (χ2v) is 7.66. The van der Waals surface area contributed by atoms with E-state index in [1.54, 1.807) is 24.3 Å². The lowest BCUT2D eigenvalue weighted by molar-refractivity contribution is -0.384. The average Bonchev–Trinajstić information content (AvgIpc) is 3.41. The summed E-state index contributed by atoms with van der Waals surface area (Å²) in [6.07, 6.45) is 1.41. The molecule has 2 saturated heterocycles. The molecule has 0 bridgehead atoms. The van der Waals surface area contributed by atoms with Crippen LogP contribution in [0.2, 0.25) is 0 Å². The first-order chi connectivity index (χ1) is 15.4. The topological polar surface area (TPSA) is 119 Å². The van der Waals surface area contributed by atoms with Crippen LogP contribution >= 0.6 is 0 Å². The summed E-state index contributed by atoms with van der Waals surface area (Å²) in [6, 6.07) is 11.2. The number of carbonyl (C=O) groups excluding carboxylic acids is 2. The lowest BCUT2D eigenvalue weighted by atomic mass is 9.95. The summed E-state index contributed by atoms with van der Waals surface area (Å²) in [5.74, 6) is -1.28. The van der Waals surface area contributed by atoms with Crippen molar-refractivity contribution < 1.29 is 29.1 Å². The summed E-state index contributed by atoms with van der Waals surface area (Å²) in [5.41, 5.74) is 0.669. The molecular weight excluding hydrogens is 416 g/mol. The van der Waals surface area contributed by atoms with Gasteiger partial charge in [0.25, 0.3) is 17.4 Å². The number of aliphatic hydroxyl groups excluding tert-OH is 1. The van der Waals surface area contributed by atoms with Gasteiger partial charge in [-0.1, -0.05) is 0 Å². The predicted octanol–water partition coefficient (Wildman–Crippen LogP) is 3.20. The zero-order valence-electron chi connectivity index (χ0n) is 17.4. The van der Waals surface area contributed by atoms with Crippen molar-refractivity contribution in [1.82, 2.24) is 4.90 Å². The summed E-state index contributed by atoms with van der Waals surface area (Å²) in [4.78, 5) is 37.9. The number of hydrogen-bond donors (Lipinski definition) is 1. The monoisotopic (exact) mass is 438 g/mol. The molecule has 9 heteroatoms. The summed E-state index contributed by atoms with van der Waals surface area (Å²) in [7, 11) is 1.51. The van der Waals surface area contributed by atoms with E-state index in [1.165, 1.54) is 36.3 Å². The van der Waals surface area contributed by atoms with E-state index in [4.69, 9.17) is 9.47 Å². The number of ketones is 1. The van der Waals surface area contributed by atoms with Gasteiger partial charge in [0.15, 0.2) is 0 Å². The zero-order chi connectivity index (χ0) is 22.8. The smallest absolute Gasteiger partial charge is 0.295 e. The van der Waals surface area contributed by atoms with Crippen molar-refractivity contribution >= 4 is 23.1 Å². The lowest BCUT2D eigenvalue weighted by Gasteiger charge is -2.27. The first-order valence-corrected chi connectivity index (χ1v) is 10.2. The molecule has 0 unspecified atom stereocenters. The number of ether oxygens (including phenoxy) is 2. The molecule has 0 radical (unpaired) electrons. The minimum Gasteiger partial charge on any atom is -0.507 e. The van der Waals surface area contributed by atoms with Gasteiger partial charge in [-0.3, -0.25) is 19.7 Å². The molecule has 32 heavy (non-hydrogen) atoms. The highest BCUT2D eigenvalue weighted by molar-refractivity contribution is 6.46. The molecule has 1 amide bonds. The van der Waals surface area contributed by atoms with Crippen LogP contribution in [-0.4, -0.2) is 53.0 Å². The Morgan fingerprint density at radius 1 is 1.19 bits per heavy atom. The Hall–Kier alpha value is -3.72. The quantitative estimate of drug-likeness (QED) is 0.242. The van der Waals surface area contributed by atoms with Crippen LogP contribution in [0.25, 0.3) is 5.76 Å². The van der Waals surface area contributed by atoms with E-state index >= 15 is 0 Å². The number of Topliss-reactive ketones (excluding diaryl/α,β-unsaturated/α-hetero) is 1. The fourth-order valence-corrected chi connectivity index (χ4v) is 4.11. The molecule has 2 atom stereocenters. The van der Waals surface area contributed by atoms with E-state index in [0.29, 0.717) is 23.5 Å². The van der Waals surface area contributed by atoms with Crippen molar-refractivity contribution in [2.75, 3.05) is 20.3 Å². The number of nitro groups is 1. The average molecular weight is 438 g/mol. The second kappa shape index (κ2) is 8.80. The van der Waals surface area contributed by atoms with Crippen LogP contribution < -0.4 is 4.74 Å². The third kappa shape index (κ3) is 3.94. The minimum atomic E-state index is -0.887. The van der Waals surface area contributed by atoms with Crippen LogP contribution in [0.4, 0.5) is 5.69 Å². The van der Waals surface area contributed by atoms with E-state index in [2.05, 4.69) is 0 Å². The molecule has 4 rings (SSSR count). The number of aliphatic hydroxyl groups is 1. The fourth-order valence-electron chi connectivity index (χ4n) is 4.11. The van der Waals surface area contributed by atoms with E-state index in [1.807, 2.05) is 0 Å². The molecule has 166 valence electrons. The molecule has 2 aromatic rings. The van der Waals surface area contributed by atoms with Gasteiger partial charge >= 0.3 is 0 Å². The number of rotatable bonds is 6. The molecule has 0 aromatic heterocycles. The molecule has 2 aromatic carbocycles. The summed E-state index contributed by atoms with van der Waals surface area (Å²) < 4.78 is 10.8. The Bertz CT molecular complexity index is 1070. The van der Waals surface area contributed by atoms with Gasteiger partial charge in [-0.05, 0) is 54.8 Å². The first kappa shape index (κ1) is 21.5. The number of amides is 1. The number of nitro benzene ring substituents is 1. The molecule has 0 spiro atoms. The van der Waals surface area contributed by atoms with E-state index < -0.39 is 22.7 Å². The van der Waals surface area contributed by atoms with Gasteiger partial charge in [0, 0.05) is 30.8 Å². The Balaban J connectivity index is 1.80. The summed E-state index contributed by atoms with van der Waals surface area (Å²) in [5, 5.41) is 22.1. The van der Waals surface area contributed by atoms with Crippen molar-refractivity contribution in [2.45, 2.75) is 25.0 Å². The van der Waals surface area contributed by atoms with Gasteiger partial charge in [0.1, 0.15) is 11.5 Å². The van der Waals surface area contributed by atoms with Crippen molar-refractivity contribution in [3.8, 4) is 5.75 Å². The standard InChI is InChI=1S/C23H22N2O7/c1-31-17-10-6-15(7-11-17)21(26)19-20(14-4-8-16(9-5-14)25(29)30)24(23(28)22(19)27)13-18-3-2-12-32-18/h4-11,18,20,26H,2-3,12-13H2,1H3/t18-,20+/m1/s1. The molecule has 2 fully saturated rings. The maximum Gasteiger partial charge on any atom is 0.295 e. The maximum absolute atomic E-state index is 13.0. The Morgan fingerprint density at radius 3 is 2.44 bits per heavy atom. The Labute approximate surface area is 184 Å². The van der Waals surface area contributed by atoms with Crippen molar-refractivity contribution in [3.63, 3.8) is 0 Å². The first-order valence-electron chi connectivity index (χ1n) is 10.2. The number of non-ortho nitro benzene ring substituents is 1. The van der Waals surface area contributed by atoms with E-state index in [-0.39, 0.29) is 29.7 Å². The summed E-state index contributed by atoms with van der Waals surface area (Å²) in [6.45, 7) is 0.772. The van der Waals surface area contributed by atoms with Gasteiger partial charge in [0.05, 0.1) is 29.8 Å². The largest absolute Gasteiger partial charge is 0.507 e. The van der Waals surface area contributed by atoms with Gasteiger partial charge < -0.3 is 19.5 Å². The highest BCUT2D eigenvalue weighted by Gasteiger charge is 2.47. The third-order valence-electron chi connectivity index (χ3n) is 5.75. The fraction of sp³-hybridized carbons (Fsp3) is 0.304. The van der Waals surface area contributed by atoms with Gasteiger partial charge in [-0.25, -0.2) is 0 Å². The predicted molar refractivity (Wildman–Crippen MR) is 114 cm³/mol. The highest BCUT2D eigenvalue weighted by atomic mass is 16.6. The molecule has 2 heterocycles. The second-order valence-electron chi connectivity index (χ2n) is 7.66. The van der Waals surface area contributed by atoms with Crippen LogP contribution in [0.15, 0.2) is 54.1 Å². The van der Waals surface area contributed by atoms with Gasteiger partial charge in [-0.15, -0.1) is 0 Å². The number of nitrogens with zero attached hydrogens (tertiary/aromatic N) is 2. The lowest BCUT2D eigenvalue weighted by Crippen LogP contribution is -2.36. The molecule has 0 aliphatic carbocycles. The van der Waals surface area contributed by atoms with Crippen LogP contribution in [-0.2, 0) is 14.3 Å². The maximum atomic E-state index is 13.0. The molecular formula is C23H22N2O7. The van der Waals surface area contributed by atoms with Crippen molar-refractivity contribution in [2.24, 2.45) is 0 Å². The van der Waals surface area contributed by atoms with Gasteiger partial charge in [0.2, 0.25) is 0 Å². The van der Waals surface area contributed by atoms with Crippen LogP contribution in [0.3, 0.4) is 0 Å². The van der Waals surface area contributed by atoms with Crippen LogP contribution in [0, 0.1) is 10.1 Å². The normalized spacial score (nSPS) is 22.3.